The Kier molecular flexibility index (Phi) is 8.53. The molecule has 3 N–H and O–H groups in total. The Balaban J connectivity index is 1.28. The number of hydrogen-bond donors (Lipinski definition) is 2. The van der Waals surface area contributed by atoms with E-state index >= 15 is 0 Å². The van der Waals surface area contributed by atoms with E-state index in [9.17, 15) is 20.0 Å². The standard InChI is InChI=1S/C36H30N6O7/c37-32-29-33(39-21-38-32)41(22-40-29)34-30(43)31(49-35(44)23-16-18-27(19-17-23)42(45)46)28(48-34)20-47-36(24-10-4-1-5-11-24,25-12-6-2-7-13-25)26-14-8-3-9-15-26/h1-19,21-22,28,30-31,34,43H,20H2,(H2,37,38,39)/t28-,30-,31-,34-/m1/s1. The Labute approximate surface area is 279 Å². The molecule has 0 saturated carbocycles. The van der Waals surface area contributed by atoms with Crippen molar-refractivity contribution in [1.29, 1.82) is 0 Å². The minimum Gasteiger partial charge on any atom is -0.453 e. The number of nitro groups is 1. The van der Waals surface area contributed by atoms with Gasteiger partial charge < -0.3 is 25.1 Å². The quantitative estimate of drug-likeness (QED) is 0.0893. The smallest absolute Gasteiger partial charge is 0.338 e. The molecule has 1 aliphatic heterocycles. The van der Waals surface area contributed by atoms with Crippen molar-refractivity contribution < 1.29 is 29.0 Å². The first-order chi connectivity index (χ1) is 23.9. The van der Waals surface area contributed by atoms with E-state index in [4.69, 9.17) is 19.9 Å². The molecule has 0 radical (unpaired) electrons. The summed E-state index contributed by atoms with van der Waals surface area (Å²) in [5, 5.41) is 22.9. The summed E-state index contributed by atoms with van der Waals surface area (Å²) >= 11 is 0. The number of esters is 1. The van der Waals surface area contributed by atoms with Crippen LogP contribution < -0.4 is 5.73 Å². The highest BCUT2D eigenvalue weighted by Crippen LogP contribution is 2.42. The zero-order valence-electron chi connectivity index (χ0n) is 25.9. The number of aromatic nitrogens is 4. The number of non-ortho nitro benzene ring substituents is 1. The number of rotatable bonds is 10. The largest absolute Gasteiger partial charge is 0.453 e. The summed E-state index contributed by atoms with van der Waals surface area (Å²) in [5.41, 5.74) is 7.91. The molecule has 1 fully saturated rings. The lowest BCUT2D eigenvalue weighted by molar-refractivity contribution is -0.384. The molecule has 0 unspecified atom stereocenters. The van der Waals surface area contributed by atoms with Crippen LogP contribution in [0.5, 0.6) is 0 Å². The van der Waals surface area contributed by atoms with E-state index in [0.29, 0.717) is 11.2 Å². The number of nitro benzene ring substituents is 1. The first kappa shape index (κ1) is 31.6. The van der Waals surface area contributed by atoms with Gasteiger partial charge in [0.15, 0.2) is 23.8 Å². The molecule has 13 nitrogen and oxygen atoms in total. The minimum absolute atomic E-state index is 0.0571. The van der Waals surface area contributed by atoms with Gasteiger partial charge >= 0.3 is 5.97 Å². The number of imidazole rings is 1. The van der Waals surface area contributed by atoms with Crippen LogP contribution in [0.3, 0.4) is 0 Å². The summed E-state index contributed by atoms with van der Waals surface area (Å²) in [4.78, 5) is 36.6. The molecule has 13 heteroatoms. The second kappa shape index (κ2) is 13.2. The van der Waals surface area contributed by atoms with Crippen molar-refractivity contribution in [3.8, 4) is 0 Å². The Morgan fingerprint density at radius 3 is 2.00 bits per heavy atom. The predicted octanol–water partition coefficient (Wildman–Crippen LogP) is 4.81. The lowest BCUT2D eigenvalue weighted by Crippen LogP contribution is -2.41. The van der Waals surface area contributed by atoms with Crippen molar-refractivity contribution in [3.63, 3.8) is 0 Å². The molecule has 7 rings (SSSR count). The number of hydrogen-bond acceptors (Lipinski definition) is 11. The second-order valence-corrected chi connectivity index (χ2v) is 11.4. The predicted molar refractivity (Wildman–Crippen MR) is 177 cm³/mol. The zero-order valence-corrected chi connectivity index (χ0v) is 25.9. The van der Waals surface area contributed by atoms with Gasteiger partial charge in [0.25, 0.3) is 5.69 Å². The van der Waals surface area contributed by atoms with Gasteiger partial charge in [-0.1, -0.05) is 91.0 Å². The molecule has 3 heterocycles. The molecule has 4 atom stereocenters. The van der Waals surface area contributed by atoms with E-state index in [2.05, 4.69) is 15.0 Å². The van der Waals surface area contributed by atoms with E-state index < -0.39 is 41.0 Å². The van der Waals surface area contributed by atoms with E-state index in [1.807, 2.05) is 91.0 Å². The van der Waals surface area contributed by atoms with Crippen molar-refractivity contribution in [2.75, 3.05) is 12.3 Å². The summed E-state index contributed by atoms with van der Waals surface area (Å²) < 4.78 is 20.8. The molecule has 1 aliphatic rings. The third-order valence-electron chi connectivity index (χ3n) is 8.53. The number of ether oxygens (including phenoxy) is 3. The first-order valence-electron chi connectivity index (χ1n) is 15.4. The van der Waals surface area contributed by atoms with Gasteiger partial charge in [0.05, 0.1) is 23.4 Å². The SMILES string of the molecule is Nc1ncnc2c1ncn2[C@@H]1O[C@H](COC(c2ccccc2)(c2ccccc2)c2ccccc2)[C@@H](OC(=O)c2ccc([N+](=O)[O-])cc2)[C@H]1O. The zero-order chi connectivity index (χ0) is 34.0. The number of nitrogens with two attached hydrogens (primary N) is 1. The van der Waals surface area contributed by atoms with Gasteiger partial charge in [-0.25, -0.2) is 19.7 Å². The average molecular weight is 659 g/mol. The molecule has 0 spiro atoms. The van der Waals surface area contributed by atoms with Crippen molar-refractivity contribution in [3.05, 3.63) is 160 Å². The number of carbonyl (C=O) groups is 1. The number of aliphatic hydroxyl groups is 1. The molecular formula is C36H30N6O7. The number of benzene rings is 4. The van der Waals surface area contributed by atoms with Crippen LogP contribution in [0.1, 0.15) is 33.3 Å². The normalized spacial score (nSPS) is 19.1. The molecule has 1 saturated heterocycles. The molecule has 0 aliphatic carbocycles. The monoisotopic (exact) mass is 658 g/mol. The van der Waals surface area contributed by atoms with Crippen LogP contribution in [0.4, 0.5) is 11.5 Å². The van der Waals surface area contributed by atoms with Gasteiger partial charge in [0, 0.05) is 12.1 Å². The third kappa shape index (κ3) is 5.86. The molecular weight excluding hydrogens is 628 g/mol. The van der Waals surface area contributed by atoms with Crippen molar-refractivity contribution in [1.82, 2.24) is 19.5 Å². The second-order valence-electron chi connectivity index (χ2n) is 11.4. The summed E-state index contributed by atoms with van der Waals surface area (Å²) in [6, 6.07) is 34.2. The Morgan fingerprint density at radius 1 is 0.878 bits per heavy atom. The molecule has 49 heavy (non-hydrogen) atoms. The van der Waals surface area contributed by atoms with Crippen molar-refractivity contribution in [2.45, 2.75) is 30.1 Å². The average Bonchev–Trinajstić information content (AvgIpc) is 3.71. The van der Waals surface area contributed by atoms with Crippen LogP contribution in [-0.2, 0) is 19.8 Å². The van der Waals surface area contributed by atoms with E-state index in [1.165, 1.54) is 41.5 Å². The molecule has 6 aromatic rings. The molecule has 2 aromatic heterocycles. The fourth-order valence-electron chi connectivity index (χ4n) is 6.17. The van der Waals surface area contributed by atoms with Gasteiger partial charge in [0.2, 0.25) is 0 Å². The number of nitrogens with zero attached hydrogens (tertiary/aromatic N) is 5. The maximum atomic E-state index is 13.4. The maximum Gasteiger partial charge on any atom is 0.338 e. The third-order valence-corrected chi connectivity index (χ3v) is 8.53. The number of anilines is 1. The lowest BCUT2D eigenvalue weighted by atomic mass is 9.80. The highest BCUT2D eigenvalue weighted by atomic mass is 16.6. The van der Waals surface area contributed by atoms with E-state index in [1.54, 1.807) is 0 Å². The highest BCUT2D eigenvalue weighted by molar-refractivity contribution is 5.89. The fourth-order valence-corrected chi connectivity index (χ4v) is 6.17. The Bertz CT molecular complexity index is 1980. The Hall–Kier alpha value is -6.02. The summed E-state index contributed by atoms with van der Waals surface area (Å²) in [6.45, 7) is -0.145. The summed E-state index contributed by atoms with van der Waals surface area (Å²) in [6.07, 6.45) is -2.08. The van der Waals surface area contributed by atoms with Crippen LogP contribution in [0, 0.1) is 10.1 Å². The molecule has 0 bridgehead atoms. The van der Waals surface area contributed by atoms with Crippen LogP contribution in [0.2, 0.25) is 0 Å². The summed E-state index contributed by atoms with van der Waals surface area (Å²) in [5.74, 6) is -0.661. The van der Waals surface area contributed by atoms with Gasteiger partial charge in [-0.2, -0.15) is 0 Å². The van der Waals surface area contributed by atoms with Gasteiger partial charge in [-0.05, 0) is 28.8 Å². The highest BCUT2D eigenvalue weighted by Gasteiger charge is 2.49. The topological polar surface area (TPSA) is 178 Å². The molecule has 4 aromatic carbocycles. The van der Waals surface area contributed by atoms with Gasteiger partial charge in [0.1, 0.15) is 29.7 Å². The van der Waals surface area contributed by atoms with Crippen LogP contribution in [-0.4, -0.2) is 60.4 Å². The van der Waals surface area contributed by atoms with Crippen molar-refractivity contribution >= 4 is 28.6 Å². The lowest BCUT2D eigenvalue weighted by Gasteiger charge is -2.37. The van der Waals surface area contributed by atoms with Crippen LogP contribution in [0.15, 0.2) is 128 Å². The number of nitrogen functional groups attached to an aromatic ring is 1. The number of fused-ring (bicyclic) bond motifs is 1. The molecule has 246 valence electrons. The Morgan fingerprint density at radius 2 is 1.45 bits per heavy atom. The van der Waals surface area contributed by atoms with Gasteiger partial charge in [-0.3, -0.25) is 14.7 Å². The number of carbonyl (C=O) groups excluding carboxylic acids is 1. The first-order valence-corrected chi connectivity index (χ1v) is 15.4. The van der Waals surface area contributed by atoms with Crippen LogP contribution >= 0.6 is 0 Å². The fraction of sp³-hybridized carbons (Fsp3) is 0.167. The van der Waals surface area contributed by atoms with Crippen molar-refractivity contribution in [2.24, 2.45) is 0 Å². The maximum absolute atomic E-state index is 13.4. The van der Waals surface area contributed by atoms with E-state index in [-0.39, 0.29) is 23.7 Å². The number of aliphatic hydroxyl groups excluding tert-OH is 1. The van der Waals surface area contributed by atoms with E-state index in [0.717, 1.165) is 16.7 Å². The minimum atomic E-state index is -1.41. The van der Waals surface area contributed by atoms with Crippen LogP contribution in [0.25, 0.3) is 11.2 Å². The van der Waals surface area contributed by atoms with Gasteiger partial charge in [-0.15, -0.1) is 0 Å². The molecule has 0 amide bonds. The summed E-state index contributed by atoms with van der Waals surface area (Å²) in [7, 11) is 0.